The summed E-state index contributed by atoms with van der Waals surface area (Å²) in [6.07, 6.45) is 4.17. The molecule has 4 N–H and O–H groups in total. The molecule has 2 rings (SSSR count). The van der Waals surface area contributed by atoms with Crippen LogP contribution in [-0.2, 0) is 4.79 Å². The number of hydrogen-bond acceptors (Lipinski definition) is 4. The molecule has 1 fully saturated rings. The number of nitrogens with two attached hydrogens (primary N) is 1. The number of thiophene rings is 1. The Balaban J connectivity index is 1.62. The Kier molecular flexibility index (Phi) is 5.55. The first-order chi connectivity index (χ1) is 9.65. The molecule has 20 heavy (non-hydrogen) atoms. The Morgan fingerprint density at radius 1 is 1.30 bits per heavy atom. The van der Waals surface area contributed by atoms with Crippen molar-refractivity contribution in [2.75, 3.05) is 6.54 Å². The zero-order valence-electron chi connectivity index (χ0n) is 11.4. The highest BCUT2D eigenvalue weighted by molar-refractivity contribution is 7.12. The fourth-order valence-electron chi connectivity index (χ4n) is 2.35. The van der Waals surface area contributed by atoms with Crippen molar-refractivity contribution in [2.45, 2.75) is 44.2 Å². The van der Waals surface area contributed by atoms with Crippen LogP contribution < -0.4 is 16.4 Å². The Hall–Kier alpha value is -1.40. The Labute approximate surface area is 122 Å². The molecule has 1 aliphatic rings. The first-order valence-corrected chi connectivity index (χ1v) is 7.90. The molecular formula is C14H21N3O2S. The van der Waals surface area contributed by atoms with E-state index in [2.05, 4.69) is 10.6 Å². The van der Waals surface area contributed by atoms with Gasteiger partial charge in [0.15, 0.2) is 0 Å². The third-order valence-electron chi connectivity index (χ3n) is 3.52. The van der Waals surface area contributed by atoms with Crippen LogP contribution in [0.5, 0.6) is 0 Å². The van der Waals surface area contributed by atoms with Gasteiger partial charge in [0.25, 0.3) is 5.91 Å². The fourth-order valence-corrected chi connectivity index (χ4v) is 2.99. The molecule has 1 heterocycles. The van der Waals surface area contributed by atoms with Crippen molar-refractivity contribution < 1.29 is 9.59 Å². The first-order valence-electron chi connectivity index (χ1n) is 7.02. The Bertz CT molecular complexity index is 439. The molecule has 1 aromatic heterocycles. The van der Waals surface area contributed by atoms with Crippen molar-refractivity contribution >= 4 is 23.2 Å². The fraction of sp³-hybridized carbons (Fsp3) is 0.571. The van der Waals surface area contributed by atoms with E-state index in [1.165, 1.54) is 11.3 Å². The summed E-state index contributed by atoms with van der Waals surface area (Å²) in [7, 11) is 0. The van der Waals surface area contributed by atoms with Gasteiger partial charge in [0.1, 0.15) is 0 Å². The molecule has 5 nitrogen and oxygen atoms in total. The molecule has 0 saturated heterocycles. The topological polar surface area (TPSA) is 84.2 Å². The summed E-state index contributed by atoms with van der Waals surface area (Å²) in [6.45, 7) is 0.370. The van der Waals surface area contributed by atoms with E-state index in [4.69, 9.17) is 5.73 Å². The number of rotatable bonds is 5. The van der Waals surface area contributed by atoms with Crippen molar-refractivity contribution in [1.82, 2.24) is 10.6 Å². The van der Waals surface area contributed by atoms with Crippen molar-refractivity contribution in [3.05, 3.63) is 22.4 Å². The smallest absolute Gasteiger partial charge is 0.261 e. The summed E-state index contributed by atoms with van der Waals surface area (Å²) < 4.78 is 0. The van der Waals surface area contributed by atoms with E-state index >= 15 is 0 Å². The molecule has 0 atom stereocenters. The number of amides is 2. The highest BCUT2D eigenvalue weighted by Crippen LogP contribution is 2.16. The quantitative estimate of drug-likeness (QED) is 0.764. The summed E-state index contributed by atoms with van der Waals surface area (Å²) >= 11 is 1.39. The second-order valence-corrected chi connectivity index (χ2v) is 6.11. The van der Waals surface area contributed by atoms with Crippen molar-refractivity contribution in [3.8, 4) is 0 Å². The summed E-state index contributed by atoms with van der Waals surface area (Å²) in [5.74, 6) is -0.117. The second-order valence-electron chi connectivity index (χ2n) is 5.16. The van der Waals surface area contributed by atoms with E-state index in [1.807, 2.05) is 11.4 Å². The molecule has 1 saturated carbocycles. The average Bonchev–Trinajstić information content (AvgIpc) is 2.95. The lowest BCUT2D eigenvalue weighted by molar-refractivity contribution is -0.121. The second kappa shape index (κ2) is 7.40. The first kappa shape index (κ1) is 15.0. The zero-order valence-corrected chi connectivity index (χ0v) is 12.2. The van der Waals surface area contributed by atoms with E-state index in [0.717, 1.165) is 25.7 Å². The van der Waals surface area contributed by atoms with Crippen LogP contribution in [0.3, 0.4) is 0 Å². The van der Waals surface area contributed by atoms with Crippen LogP contribution in [0.25, 0.3) is 0 Å². The maximum absolute atomic E-state index is 11.8. The largest absolute Gasteiger partial charge is 0.353 e. The van der Waals surface area contributed by atoms with Crippen LogP contribution in [0.15, 0.2) is 17.5 Å². The van der Waals surface area contributed by atoms with Crippen LogP contribution in [0.2, 0.25) is 0 Å². The summed E-state index contributed by atoms with van der Waals surface area (Å²) in [5, 5.41) is 7.61. The minimum absolute atomic E-state index is 0.00282. The molecule has 1 aliphatic carbocycles. The van der Waals surface area contributed by atoms with E-state index < -0.39 is 0 Å². The summed E-state index contributed by atoms with van der Waals surface area (Å²) in [4.78, 5) is 24.1. The van der Waals surface area contributed by atoms with Crippen LogP contribution >= 0.6 is 11.3 Å². The Morgan fingerprint density at radius 3 is 2.70 bits per heavy atom. The van der Waals surface area contributed by atoms with Crippen molar-refractivity contribution in [3.63, 3.8) is 0 Å². The molecule has 110 valence electrons. The van der Waals surface area contributed by atoms with Gasteiger partial charge in [-0.3, -0.25) is 9.59 Å². The highest BCUT2D eigenvalue weighted by atomic mass is 32.1. The molecule has 0 spiro atoms. The third kappa shape index (κ3) is 4.61. The third-order valence-corrected chi connectivity index (χ3v) is 4.39. The minimum Gasteiger partial charge on any atom is -0.353 e. The predicted molar refractivity (Wildman–Crippen MR) is 79.6 cm³/mol. The SMILES string of the molecule is NC1CCC(NC(=O)CCNC(=O)c2cccs2)CC1. The van der Waals surface area contributed by atoms with Crippen molar-refractivity contribution in [2.24, 2.45) is 5.73 Å². The van der Waals surface area contributed by atoms with Crippen LogP contribution in [0, 0.1) is 0 Å². The predicted octanol–water partition coefficient (Wildman–Crippen LogP) is 1.25. The van der Waals surface area contributed by atoms with Crippen molar-refractivity contribution in [1.29, 1.82) is 0 Å². The molecule has 0 bridgehead atoms. The van der Waals surface area contributed by atoms with Gasteiger partial charge in [-0.05, 0) is 37.1 Å². The monoisotopic (exact) mass is 295 g/mol. The molecule has 2 amide bonds. The van der Waals surface area contributed by atoms with E-state index in [0.29, 0.717) is 17.8 Å². The zero-order chi connectivity index (χ0) is 14.4. The molecule has 0 aromatic carbocycles. The van der Waals surface area contributed by atoms with E-state index in [1.54, 1.807) is 6.07 Å². The van der Waals surface area contributed by atoms with Gasteiger partial charge in [-0.25, -0.2) is 0 Å². The number of nitrogens with one attached hydrogen (secondary N) is 2. The Morgan fingerprint density at radius 2 is 2.05 bits per heavy atom. The van der Waals surface area contributed by atoms with Gasteiger partial charge in [0.2, 0.25) is 5.91 Å². The molecule has 0 unspecified atom stereocenters. The molecule has 6 heteroatoms. The van der Waals surface area contributed by atoms with E-state index in [9.17, 15) is 9.59 Å². The lowest BCUT2D eigenvalue weighted by Gasteiger charge is -2.26. The van der Waals surface area contributed by atoms with Gasteiger partial charge in [-0.15, -0.1) is 11.3 Å². The standard InChI is InChI=1S/C14H21N3O2S/c15-10-3-5-11(6-4-10)17-13(18)7-8-16-14(19)12-2-1-9-20-12/h1-2,9-11H,3-8,15H2,(H,16,19)(H,17,18). The lowest BCUT2D eigenvalue weighted by Crippen LogP contribution is -2.41. The van der Waals surface area contributed by atoms with Gasteiger partial charge in [0, 0.05) is 25.0 Å². The lowest BCUT2D eigenvalue weighted by atomic mass is 9.92. The summed E-state index contributed by atoms with van der Waals surface area (Å²) in [5.41, 5.74) is 5.83. The van der Waals surface area contributed by atoms with Crippen LogP contribution in [-0.4, -0.2) is 30.4 Å². The van der Waals surface area contributed by atoms with Gasteiger partial charge >= 0.3 is 0 Å². The number of hydrogen-bond donors (Lipinski definition) is 3. The van der Waals surface area contributed by atoms with Gasteiger partial charge in [0.05, 0.1) is 4.88 Å². The highest BCUT2D eigenvalue weighted by Gasteiger charge is 2.19. The number of carbonyl (C=O) groups is 2. The normalized spacial score (nSPS) is 22.2. The van der Waals surface area contributed by atoms with Crippen LogP contribution in [0.1, 0.15) is 41.8 Å². The van der Waals surface area contributed by atoms with E-state index in [-0.39, 0.29) is 23.9 Å². The number of carbonyl (C=O) groups excluding carboxylic acids is 2. The molecule has 0 radical (unpaired) electrons. The summed E-state index contributed by atoms with van der Waals surface area (Å²) in [6, 6.07) is 4.13. The van der Waals surface area contributed by atoms with Gasteiger partial charge < -0.3 is 16.4 Å². The van der Waals surface area contributed by atoms with Gasteiger partial charge in [-0.1, -0.05) is 6.07 Å². The molecule has 0 aliphatic heterocycles. The minimum atomic E-state index is -0.114. The molecule has 1 aromatic rings. The maximum Gasteiger partial charge on any atom is 0.261 e. The molecular weight excluding hydrogens is 274 g/mol. The maximum atomic E-state index is 11.8. The van der Waals surface area contributed by atoms with Crippen LogP contribution in [0.4, 0.5) is 0 Å². The average molecular weight is 295 g/mol. The van der Waals surface area contributed by atoms with Gasteiger partial charge in [-0.2, -0.15) is 0 Å².